The number of hydrogen-bond donors (Lipinski definition) is 2. The first-order valence-corrected chi connectivity index (χ1v) is 9.02. The number of halogens is 2. The summed E-state index contributed by atoms with van der Waals surface area (Å²) in [7, 11) is 1.89. The van der Waals surface area contributed by atoms with Crippen molar-refractivity contribution in [2.75, 3.05) is 24.7 Å². The number of thioether (sulfide) groups is 1. The lowest BCUT2D eigenvalue weighted by molar-refractivity contribution is -0.119. The number of anilines is 1. The van der Waals surface area contributed by atoms with Gasteiger partial charge in [0.1, 0.15) is 0 Å². The van der Waals surface area contributed by atoms with Crippen LogP contribution < -0.4 is 10.6 Å². The third kappa shape index (κ3) is 4.06. The molecule has 0 aliphatic carbocycles. The lowest BCUT2D eigenvalue weighted by atomic mass is 9.90. The van der Waals surface area contributed by atoms with Gasteiger partial charge in [0.05, 0.1) is 17.1 Å². The van der Waals surface area contributed by atoms with Crippen LogP contribution in [0, 0.1) is 5.92 Å². The Hall–Kier alpha value is -1.21. The highest BCUT2D eigenvalue weighted by molar-refractivity contribution is 7.98. The number of carbonyl (C=O) groups excluding carboxylic acids is 1. The SMILES string of the molecule is CSc1ccc(NC(=O)[C@H]2CNC[C@@H]2c2cnn(C)c2)cc1Cl.Cl. The number of hydrogen-bond acceptors (Lipinski definition) is 4. The summed E-state index contributed by atoms with van der Waals surface area (Å²) in [6.07, 6.45) is 5.78. The van der Waals surface area contributed by atoms with Crippen LogP contribution in [-0.4, -0.2) is 35.0 Å². The number of aromatic nitrogens is 2. The minimum atomic E-state index is -0.113. The molecule has 0 saturated carbocycles. The minimum absolute atomic E-state index is 0. The van der Waals surface area contributed by atoms with Gasteiger partial charge in [-0.2, -0.15) is 5.10 Å². The zero-order valence-electron chi connectivity index (χ0n) is 13.5. The average Bonchev–Trinajstić information content (AvgIpc) is 3.15. The maximum atomic E-state index is 12.6. The Morgan fingerprint density at radius 3 is 2.88 bits per heavy atom. The summed E-state index contributed by atoms with van der Waals surface area (Å²) in [4.78, 5) is 13.6. The number of nitrogens with zero attached hydrogens (tertiary/aromatic N) is 2. The second kappa shape index (κ2) is 8.25. The lowest BCUT2D eigenvalue weighted by Gasteiger charge is -2.17. The van der Waals surface area contributed by atoms with Gasteiger partial charge in [-0.25, -0.2) is 0 Å². The second-order valence-electron chi connectivity index (χ2n) is 5.66. The zero-order chi connectivity index (χ0) is 16.4. The largest absolute Gasteiger partial charge is 0.326 e. The summed E-state index contributed by atoms with van der Waals surface area (Å²) in [6.45, 7) is 1.46. The standard InChI is InChI=1S/C16H19ClN4OS.ClH/c1-21-9-10(6-19-21)12-7-18-8-13(12)16(22)20-11-3-4-15(23-2)14(17)5-11;/h3-6,9,12-13,18H,7-8H2,1-2H3,(H,20,22);1H/t12-,13+;/m1./s1. The van der Waals surface area contributed by atoms with E-state index in [0.717, 1.165) is 22.7 Å². The van der Waals surface area contributed by atoms with Crippen molar-refractivity contribution in [2.45, 2.75) is 10.8 Å². The van der Waals surface area contributed by atoms with E-state index in [0.29, 0.717) is 11.6 Å². The fourth-order valence-electron chi connectivity index (χ4n) is 2.92. The van der Waals surface area contributed by atoms with E-state index in [4.69, 9.17) is 11.6 Å². The Bertz CT molecular complexity index is 722. The maximum absolute atomic E-state index is 12.6. The molecule has 0 bridgehead atoms. The van der Waals surface area contributed by atoms with Crippen LogP contribution in [0.25, 0.3) is 0 Å². The molecule has 0 spiro atoms. The van der Waals surface area contributed by atoms with Crippen molar-refractivity contribution in [2.24, 2.45) is 13.0 Å². The van der Waals surface area contributed by atoms with E-state index < -0.39 is 0 Å². The molecule has 2 N–H and O–H groups in total. The van der Waals surface area contributed by atoms with Gasteiger partial charge in [0.25, 0.3) is 0 Å². The van der Waals surface area contributed by atoms with Gasteiger partial charge in [-0.05, 0) is 30.0 Å². The van der Waals surface area contributed by atoms with Crippen molar-refractivity contribution >= 4 is 47.4 Å². The Morgan fingerprint density at radius 1 is 1.46 bits per heavy atom. The van der Waals surface area contributed by atoms with E-state index in [1.54, 1.807) is 22.5 Å². The summed E-state index contributed by atoms with van der Waals surface area (Å²) in [5.74, 6) is 0.0414. The molecular formula is C16H20Cl2N4OS. The molecule has 2 atom stereocenters. The molecule has 8 heteroatoms. The van der Waals surface area contributed by atoms with Crippen LogP contribution in [-0.2, 0) is 11.8 Å². The van der Waals surface area contributed by atoms with Gasteiger partial charge in [-0.15, -0.1) is 24.2 Å². The molecule has 5 nitrogen and oxygen atoms in total. The molecule has 1 aromatic heterocycles. The van der Waals surface area contributed by atoms with E-state index in [2.05, 4.69) is 15.7 Å². The first kappa shape index (κ1) is 19.1. The van der Waals surface area contributed by atoms with Crippen LogP contribution in [0.2, 0.25) is 5.02 Å². The van der Waals surface area contributed by atoms with E-state index in [-0.39, 0.29) is 30.2 Å². The third-order valence-corrected chi connectivity index (χ3v) is 5.34. The van der Waals surface area contributed by atoms with E-state index >= 15 is 0 Å². The van der Waals surface area contributed by atoms with Crippen LogP contribution in [0.4, 0.5) is 5.69 Å². The molecule has 2 aromatic rings. The van der Waals surface area contributed by atoms with Gasteiger partial charge in [0, 0.05) is 42.8 Å². The fraction of sp³-hybridized carbons (Fsp3) is 0.375. The molecule has 3 rings (SSSR count). The number of nitrogens with one attached hydrogen (secondary N) is 2. The first-order valence-electron chi connectivity index (χ1n) is 7.42. The molecule has 130 valence electrons. The number of benzene rings is 1. The summed E-state index contributed by atoms with van der Waals surface area (Å²) in [5, 5.41) is 11.1. The van der Waals surface area contributed by atoms with Crippen LogP contribution in [0.15, 0.2) is 35.5 Å². The normalized spacial score (nSPS) is 19.8. The molecule has 0 radical (unpaired) electrons. The number of aryl methyl sites for hydroxylation is 1. The lowest BCUT2D eigenvalue weighted by Crippen LogP contribution is -2.28. The van der Waals surface area contributed by atoms with Crippen LogP contribution >= 0.6 is 35.8 Å². The van der Waals surface area contributed by atoms with Crippen molar-refractivity contribution in [3.8, 4) is 0 Å². The van der Waals surface area contributed by atoms with Gasteiger partial charge < -0.3 is 10.6 Å². The van der Waals surface area contributed by atoms with Gasteiger partial charge in [-0.3, -0.25) is 9.48 Å². The topological polar surface area (TPSA) is 59.0 Å². The molecule has 1 amide bonds. The quantitative estimate of drug-likeness (QED) is 0.792. The van der Waals surface area contributed by atoms with Crippen molar-refractivity contribution < 1.29 is 4.79 Å². The van der Waals surface area contributed by atoms with Crippen molar-refractivity contribution in [3.63, 3.8) is 0 Å². The molecule has 1 saturated heterocycles. The molecule has 1 aromatic carbocycles. The van der Waals surface area contributed by atoms with Gasteiger partial charge >= 0.3 is 0 Å². The first-order chi connectivity index (χ1) is 11.1. The molecule has 2 heterocycles. The van der Waals surface area contributed by atoms with Gasteiger partial charge in [0.15, 0.2) is 0 Å². The molecular weight excluding hydrogens is 367 g/mol. The minimum Gasteiger partial charge on any atom is -0.326 e. The van der Waals surface area contributed by atoms with Gasteiger partial charge in [-0.1, -0.05) is 11.6 Å². The second-order valence-corrected chi connectivity index (χ2v) is 6.91. The molecule has 1 fully saturated rings. The third-order valence-electron chi connectivity index (χ3n) is 4.12. The van der Waals surface area contributed by atoms with Crippen LogP contribution in [0.1, 0.15) is 11.5 Å². The van der Waals surface area contributed by atoms with E-state index in [9.17, 15) is 4.79 Å². The van der Waals surface area contributed by atoms with Crippen molar-refractivity contribution in [3.05, 3.63) is 41.2 Å². The monoisotopic (exact) mass is 386 g/mol. The van der Waals surface area contributed by atoms with Crippen molar-refractivity contribution in [1.29, 1.82) is 0 Å². The van der Waals surface area contributed by atoms with E-state index in [1.165, 1.54) is 0 Å². The summed E-state index contributed by atoms with van der Waals surface area (Å²) in [6, 6.07) is 5.61. The number of rotatable bonds is 4. The highest BCUT2D eigenvalue weighted by Crippen LogP contribution is 2.31. The fourth-order valence-corrected chi connectivity index (χ4v) is 3.79. The molecule has 1 aliphatic rings. The molecule has 0 unspecified atom stereocenters. The predicted molar refractivity (Wildman–Crippen MR) is 101 cm³/mol. The molecule has 24 heavy (non-hydrogen) atoms. The zero-order valence-corrected chi connectivity index (χ0v) is 15.8. The summed E-state index contributed by atoms with van der Waals surface area (Å²) in [5.41, 5.74) is 1.82. The molecule has 1 aliphatic heterocycles. The smallest absolute Gasteiger partial charge is 0.229 e. The maximum Gasteiger partial charge on any atom is 0.229 e. The number of amides is 1. The van der Waals surface area contributed by atoms with Crippen LogP contribution in [0.3, 0.4) is 0 Å². The average molecular weight is 387 g/mol. The Labute approximate surface area is 156 Å². The summed E-state index contributed by atoms with van der Waals surface area (Å²) < 4.78 is 1.77. The van der Waals surface area contributed by atoms with Gasteiger partial charge in [0.2, 0.25) is 5.91 Å². The Kier molecular flexibility index (Phi) is 6.57. The summed E-state index contributed by atoms with van der Waals surface area (Å²) >= 11 is 7.79. The highest BCUT2D eigenvalue weighted by Gasteiger charge is 2.34. The Morgan fingerprint density at radius 2 is 2.25 bits per heavy atom. The van der Waals surface area contributed by atoms with Crippen LogP contribution in [0.5, 0.6) is 0 Å². The predicted octanol–water partition coefficient (Wildman–Crippen LogP) is 3.16. The van der Waals surface area contributed by atoms with Crippen molar-refractivity contribution in [1.82, 2.24) is 15.1 Å². The van der Waals surface area contributed by atoms with E-state index in [1.807, 2.05) is 37.8 Å². The number of carbonyl (C=O) groups is 1. The highest BCUT2D eigenvalue weighted by atomic mass is 35.5. The Balaban J connectivity index is 0.00000208.